The Balaban J connectivity index is 2.85. The summed E-state index contributed by atoms with van der Waals surface area (Å²) in [6.07, 6.45) is 0. The highest BCUT2D eigenvalue weighted by Gasteiger charge is 2.04. The molecule has 0 aromatic heterocycles. The Morgan fingerprint density at radius 2 is 1.92 bits per heavy atom. The standard InChI is InChI=1S/C10H14N2O/c1-8(13)12(3)10-6-4-9(11-2)5-7-10/h4-7H,2,11H2,1,3H3. The molecular formula is C10H14N2O. The van der Waals surface area contributed by atoms with Gasteiger partial charge in [-0.05, 0) is 24.3 Å². The first-order valence-electron chi connectivity index (χ1n) is 4.12. The maximum absolute atomic E-state index is 11.0. The van der Waals surface area contributed by atoms with Gasteiger partial charge in [0.05, 0.1) is 0 Å². The van der Waals surface area contributed by atoms with Crippen LogP contribution in [-0.4, -0.2) is 13.0 Å². The summed E-state index contributed by atoms with van der Waals surface area (Å²) in [5.41, 5.74) is 1.96. The molecule has 0 aliphatic heterocycles. The molecule has 1 aromatic carbocycles. The topological polar surface area (TPSA) is 36.9 Å². The van der Waals surface area contributed by atoms with Crippen LogP contribution in [0, 0.1) is 7.05 Å². The average molecular weight is 178 g/mol. The van der Waals surface area contributed by atoms with E-state index in [9.17, 15) is 4.79 Å². The molecule has 0 fully saturated rings. The number of hydrogen-bond donors (Lipinski definition) is 1. The van der Waals surface area contributed by atoms with Crippen molar-refractivity contribution in [1.29, 1.82) is 0 Å². The van der Waals surface area contributed by atoms with Crippen molar-refractivity contribution in [1.82, 2.24) is 0 Å². The van der Waals surface area contributed by atoms with Gasteiger partial charge in [-0.15, -0.1) is 7.05 Å². The van der Waals surface area contributed by atoms with E-state index < -0.39 is 0 Å². The van der Waals surface area contributed by atoms with Gasteiger partial charge in [0.1, 0.15) is 5.69 Å². The van der Waals surface area contributed by atoms with Crippen molar-refractivity contribution in [2.75, 3.05) is 11.9 Å². The number of amides is 1. The Hall–Kier alpha value is -1.35. The number of quaternary nitrogens is 1. The maximum atomic E-state index is 11.0. The van der Waals surface area contributed by atoms with Gasteiger partial charge < -0.3 is 10.2 Å². The van der Waals surface area contributed by atoms with E-state index in [0.717, 1.165) is 11.4 Å². The Kier molecular flexibility index (Phi) is 3.03. The molecule has 1 amide bonds. The zero-order chi connectivity index (χ0) is 9.84. The van der Waals surface area contributed by atoms with Crippen LogP contribution in [0.2, 0.25) is 0 Å². The highest BCUT2D eigenvalue weighted by molar-refractivity contribution is 5.90. The van der Waals surface area contributed by atoms with Gasteiger partial charge in [-0.3, -0.25) is 4.79 Å². The van der Waals surface area contributed by atoms with Crippen LogP contribution in [0.1, 0.15) is 6.92 Å². The smallest absolute Gasteiger partial charge is 0.223 e. The fraction of sp³-hybridized carbons (Fsp3) is 0.200. The van der Waals surface area contributed by atoms with E-state index in [1.54, 1.807) is 24.2 Å². The molecule has 0 atom stereocenters. The van der Waals surface area contributed by atoms with Crippen LogP contribution in [-0.2, 0) is 4.79 Å². The van der Waals surface area contributed by atoms with E-state index in [2.05, 4.69) is 7.05 Å². The predicted molar refractivity (Wildman–Crippen MR) is 52.5 cm³/mol. The van der Waals surface area contributed by atoms with Crippen LogP contribution < -0.4 is 10.2 Å². The molecular weight excluding hydrogens is 164 g/mol. The number of nitrogens with two attached hydrogens (primary N) is 1. The first-order chi connectivity index (χ1) is 6.15. The van der Waals surface area contributed by atoms with Crippen molar-refractivity contribution >= 4 is 17.3 Å². The predicted octanol–water partition coefficient (Wildman–Crippen LogP) is 0.656. The Morgan fingerprint density at radius 3 is 2.31 bits per heavy atom. The fourth-order valence-electron chi connectivity index (χ4n) is 1.02. The van der Waals surface area contributed by atoms with Crippen molar-refractivity contribution in [3.05, 3.63) is 31.3 Å². The normalized spacial score (nSPS) is 9.77. The fourth-order valence-corrected chi connectivity index (χ4v) is 1.02. The zero-order valence-electron chi connectivity index (χ0n) is 7.95. The Labute approximate surface area is 78.4 Å². The Bertz CT molecular complexity index is 292. The molecule has 0 saturated heterocycles. The van der Waals surface area contributed by atoms with Crippen LogP contribution >= 0.6 is 0 Å². The number of carbonyl (C=O) groups is 1. The minimum Gasteiger partial charge on any atom is -0.446 e. The summed E-state index contributed by atoms with van der Waals surface area (Å²) in [5, 5.41) is 1.78. The summed E-state index contributed by atoms with van der Waals surface area (Å²) < 4.78 is 0. The molecule has 0 spiro atoms. The molecule has 3 heteroatoms. The van der Waals surface area contributed by atoms with E-state index in [-0.39, 0.29) is 5.91 Å². The first kappa shape index (κ1) is 9.74. The number of benzene rings is 1. The third-order valence-corrected chi connectivity index (χ3v) is 1.99. The molecule has 3 nitrogen and oxygen atoms in total. The van der Waals surface area contributed by atoms with Gasteiger partial charge in [0.15, 0.2) is 0 Å². The summed E-state index contributed by atoms with van der Waals surface area (Å²) in [7, 11) is 5.42. The number of rotatable bonds is 2. The minimum absolute atomic E-state index is 0.0337. The van der Waals surface area contributed by atoms with Crippen molar-refractivity contribution in [3.8, 4) is 0 Å². The summed E-state index contributed by atoms with van der Waals surface area (Å²) >= 11 is 0. The first-order valence-corrected chi connectivity index (χ1v) is 4.12. The number of nitrogens with zero attached hydrogens (tertiary/aromatic N) is 1. The van der Waals surface area contributed by atoms with Crippen LogP contribution in [0.3, 0.4) is 0 Å². The van der Waals surface area contributed by atoms with Crippen molar-refractivity contribution in [3.63, 3.8) is 0 Å². The molecule has 0 aliphatic rings. The molecule has 13 heavy (non-hydrogen) atoms. The van der Waals surface area contributed by atoms with Gasteiger partial charge in [0.25, 0.3) is 0 Å². The maximum Gasteiger partial charge on any atom is 0.223 e. The van der Waals surface area contributed by atoms with E-state index >= 15 is 0 Å². The minimum atomic E-state index is 0.0337. The van der Waals surface area contributed by atoms with Crippen LogP contribution in [0.15, 0.2) is 24.3 Å². The molecule has 0 bridgehead atoms. The zero-order valence-corrected chi connectivity index (χ0v) is 7.95. The second kappa shape index (κ2) is 4.05. The lowest BCUT2D eigenvalue weighted by Crippen LogP contribution is -2.69. The number of hydrogen-bond acceptors (Lipinski definition) is 1. The summed E-state index contributed by atoms with van der Waals surface area (Å²) in [6.45, 7) is 1.54. The van der Waals surface area contributed by atoms with Gasteiger partial charge in [-0.25, -0.2) is 0 Å². The lowest BCUT2D eigenvalue weighted by molar-refractivity contribution is -0.504. The molecule has 2 N–H and O–H groups in total. The molecule has 0 saturated carbocycles. The second-order valence-corrected chi connectivity index (χ2v) is 2.87. The monoisotopic (exact) mass is 178 g/mol. The third-order valence-electron chi connectivity index (χ3n) is 1.99. The highest BCUT2D eigenvalue weighted by atomic mass is 16.2. The summed E-state index contributed by atoms with van der Waals surface area (Å²) in [5.74, 6) is 0.0337. The second-order valence-electron chi connectivity index (χ2n) is 2.87. The van der Waals surface area contributed by atoms with Gasteiger partial charge in [-0.1, -0.05) is 0 Å². The number of carbonyl (C=O) groups excluding carboxylic acids is 1. The summed E-state index contributed by atoms with van der Waals surface area (Å²) in [6, 6.07) is 7.67. The average Bonchev–Trinajstić information content (AvgIpc) is 2.17. The molecule has 0 radical (unpaired) electrons. The van der Waals surface area contributed by atoms with E-state index in [0.29, 0.717) is 0 Å². The van der Waals surface area contributed by atoms with E-state index in [1.165, 1.54) is 0 Å². The van der Waals surface area contributed by atoms with Gasteiger partial charge in [-0.2, -0.15) is 0 Å². The van der Waals surface area contributed by atoms with Crippen LogP contribution in [0.4, 0.5) is 11.4 Å². The largest absolute Gasteiger partial charge is 0.446 e. The molecule has 0 unspecified atom stereocenters. The molecule has 1 aromatic rings. The molecule has 70 valence electrons. The summed E-state index contributed by atoms with van der Waals surface area (Å²) in [4.78, 5) is 12.6. The Morgan fingerprint density at radius 1 is 1.38 bits per heavy atom. The van der Waals surface area contributed by atoms with Crippen molar-refractivity contribution < 1.29 is 10.1 Å². The van der Waals surface area contributed by atoms with E-state index in [1.807, 2.05) is 24.3 Å². The number of anilines is 1. The molecule has 0 heterocycles. The SMILES string of the molecule is [CH2-][NH2+]c1ccc(N(C)C(C)=O)cc1. The van der Waals surface area contributed by atoms with Gasteiger partial charge in [0, 0.05) is 19.7 Å². The van der Waals surface area contributed by atoms with E-state index in [4.69, 9.17) is 0 Å². The third kappa shape index (κ3) is 2.29. The van der Waals surface area contributed by atoms with Gasteiger partial charge >= 0.3 is 0 Å². The highest BCUT2D eigenvalue weighted by Crippen LogP contribution is 2.13. The lowest BCUT2D eigenvalue weighted by Gasteiger charge is -2.14. The molecule has 1 rings (SSSR count). The lowest BCUT2D eigenvalue weighted by atomic mass is 10.2. The van der Waals surface area contributed by atoms with Crippen molar-refractivity contribution in [2.24, 2.45) is 0 Å². The van der Waals surface area contributed by atoms with Crippen LogP contribution in [0.25, 0.3) is 0 Å². The van der Waals surface area contributed by atoms with Crippen LogP contribution in [0.5, 0.6) is 0 Å². The van der Waals surface area contributed by atoms with Gasteiger partial charge in [0.2, 0.25) is 5.91 Å². The molecule has 0 aliphatic carbocycles. The quantitative estimate of drug-likeness (QED) is 0.524. The van der Waals surface area contributed by atoms with Crippen molar-refractivity contribution in [2.45, 2.75) is 6.92 Å².